The predicted molar refractivity (Wildman–Crippen MR) is 110 cm³/mol. The second-order valence-corrected chi connectivity index (χ2v) is 6.84. The maximum atomic E-state index is 4.90. The molecule has 0 spiro atoms. The van der Waals surface area contributed by atoms with Gasteiger partial charge in [-0.2, -0.15) is 0 Å². The Morgan fingerprint density at radius 2 is 1.69 bits per heavy atom. The van der Waals surface area contributed by atoms with Gasteiger partial charge < -0.3 is 10.1 Å². The molecule has 0 fully saturated rings. The van der Waals surface area contributed by atoms with E-state index >= 15 is 0 Å². The van der Waals surface area contributed by atoms with E-state index in [0.717, 1.165) is 5.70 Å². The lowest BCUT2D eigenvalue weighted by Crippen LogP contribution is -2.06. The van der Waals surface area contributed by atoms with Crippen LogP contribution in [-0.4, -0.2) is 13.7 Å². The highest BCUT2D eigenvalue weighted by Crippen LogP contribution is 2.33. The molecule has 0 unspecified atom stereocenters. The lowest BCUT2D eigenvalue weighted by atomic mass is 9.86. The highest BCUT2D eigenvalue weighted by atomic mass is 16.5. The van der Waals surface area contributed by atoms with Gasteiger partial charge in [-0.15, -0.1) is 0 Å². The van der Waals surface area contributed by atoms with E-state index in [9.17, 15) is 0 Å². The Morgan fingerprint density at radius 3 is 2.50 bits per heavy atom. The van der Waals surface area contributed by atoms with Crippen molar-refractivity contribution in [1.82, 2.24) is 5.32 Å². The van der Waals surface area contributed by atoms with Gasteiger partial charge in [-0.3, -0.25) is 0 Å². The monoisotopic (exact) mass is 343 g/mol. The SMILES string of the molecule is CNC1=CCOC=C1.c1ccc2c(c1)ccc1c3c(ccc12)CCCC3. The summed E-state index contributed by atoms with van der Waals surface area (Å²) in [6.45, 7) is 0.687. The number of hydrogen-bond donors (Lipinski definition) is 1. The summed E-state index contributed by atoms with van der Waals surface area (Å²) < 4.78 is 4.90. The number of aryl methyl sites for hydroxylation is 2. The molecule has 0 atom stereocenters. The lowest BCUT2D eigenvalue weighted by Gasteiger charge is -2.18. The molecule has 1 N–H and O–H groups in total. The van der Waals surface area contributed by atoms with Gasteiger partial charge in [-0.25, -0.2) is 0 Å². The molecule has 0 saturated heterocycles. The first-order valence-electron chi connectivity index (χ1n) is 9.45. The van der Waals surface area contributed by atoms with Crippen LogP contribution in [0.15, 0.2) is 72.6 Å². The summed E-state index contributed by atoms with van der Waals surface area (Å²) in [5, 5.41) is 8.64. The van der Waals surface area contributed by atoms with Crippen molar-refractivity contribution in [1.29, 1.82) is 0 Å². The number of rotatable bonds is 1. The van der Waals surface area contributed by atoms with Gasteiger partial charge in [0.1, 0.15) is 6.61 Å². The fraction of sp³-hybridized carbons (Fsp3) is 0.250. The van der Waals surface area contributed by atoms with Crippen LogP contribution >= 0.6 is 0 Å². The van der Waals surface area contributed by atoms with E-state index in [1.165, 1.54) is 47.2 Å². The largest absolute Gasteiger partial charge is 0.497 e. The van der Waals surface area contributed by atoms with Crippen molar-refractivity contribution in [2.45, 2.75) is 25.7 Å². The Bertz CT molecular complexity index is 984. The first-order valence-corrected chi connectivity index (χ1v) is 9.45. The van der Waals surface area contributed by atoms with E-state index in [-0.39, 0.29) is 0 Å². The summed E-state index contributed by atoms with van der Waals surface area (Å²) >= 11 is 0. The van der Waals surface area contributed by atoms with Gasteiger partial charge in [0.05, 0.1) is 6.26 Å². The van der Waals surface area contributed by atoms with E-state index < -0.39 is 0 Å². The molecular weight excluding hydrogens is 318 g/mol. The highest BCUT2D eigenvalue weighted by Gasteiger charge is 2.13. The summed E-state index contributed by atoms with van der Waals surface area (Å²) in [6, 6.07) is 18.0. The van der Waals surface area contributed by atoms with Gasteiger partial charge in [0.2, 0.25) is 0 Å². The summed E-state index contributed by atoms with van der Waals surface area (Å²) in [5.41, 5.74) is 4.30. The lowest BCUT2D eigenvalue weighted by molar-refractivity contribution is 0.283. The number of benzene rings is 3. The minimum atomic E-state index is 0.687. The maximum Gasteiger partial charge on any atom is 0.108 e. The molecule has 2 aliphatic rings. The second-order valence-electron chi connectivity index (χ2n) is 6.84. The van der Waals surface area contributed by atoms with Crippen LogP contribution in [0.25, 0.3) is 21.5 Å². The second kappa shape index (κ2) is 7.65. The normalized spacial score (nSPS) is 15.5. The summed E-state index contributed by atoms with van der Waals surface area (Å²) in [7, 11) is 1.89. The van der Waals surface area contributed by atoms with Crippen molar-refractivity contribution in [2.24, 2.45) is 0 Å². The van der Waals surface area contributed by atoms with Crippen molar-refractivity contribution < 1.29 is 4.74 Å². The molecule has 0 amide bonds. The topological polar surface area (TPSA) is 21.3 Å². The molecule has 26 heavy (non-hydrogen) atoms. The van der Waals surface area contributed by atoms with Gasteiger partial charge >= 0.3 is 0 Å². The molecule has 0 radical (unpaired) electrons. The Hall–Kier alpha value is -2.74. The first-order chi connectivity index (χ1) is 12.9. The van der Waals surface area contributed by atoms with Crippen molar-refractivity contribution in [3.8, 4) is 0 Å². The van der Waals surface area contributed by atoms with E-state index in [0.29, 0.717) is 6.61 Å². The molecule has 132 valence electrons. The van der Waals surface area contributed by atoms with Gasteiger partial charge in [-0.1, -0.05) is 48.5 Å². The van der Waals surface area contributed by atoms with Gasteiger partial charge in [0.25, 0.3) is 0 Å². The molecule has 2 heteroatoms. The molecule has 1 aliphatic carbocycles. The zero-order chi connectivity index (χ0) is 17.8. The van der Waals surface area contributed by atoms with Crippen LogP contribution < -0.4 is 5.32 Å². The van der Waals surface area contributed by atoms with Crippen LogP contribution in [0.4, 0.5) is 0 Å². The average Bonchev–Trinajstić information content (AvgIpc) is 2.74. The number of ether oxygens (including phenoxy) is 1. The van der Waals surface area contributed by atoms with Gasteiger partial charge in [0, 0.05) is 12.7 Å². The molecule has 5 rings (SSSR count). The fourth-order valence-electron chi connectivity index (χ4n) is 3.91. The van der Waals surface area contributed by atoms with Crippen LogP contribution in [0.1, 0.15) is 24.0 Å². The maximum absolute atomic E-state index is 4.90. The average molecular weight is 343 g/mol. The predicted octanol–water partition coefficient (Wildman–Crippen LogP) is 5.51. The van der Waals surface area contributed by atoms with Crippen LogP contribution in [0, 0.1) is 0 Å². The van der Waals surface area contributed by atoms with E-state index in [1.54, 1.807) is 17.4 Å². The number of fused-ring (bicyclic) bond motifs is 5. The van der Waals surface area contributed by atoms with E-state index in [4.69, 9.17) is 4.74 Å². The third-order valence-electron chi connectivity index (χ3n) is 5.29. The Labute approximate surface area is 155 Å². The molecule has 0 saturated carbocycles. The molecule has 3 aromatic carbocycles. The molecular formula is C24H25NO. The fourth-order valence-corrected chi connectivity index (χ4v) is 3.91. The highest BCUT2D eigenvalue weighted by molar-refractivity contribution is 6.08. The Morgan fingerprint density at radius 1 is 0.846 bits per heavy atom. The summed E-state index contributed by atoms with van der Waals surface area (Å²) in [4.78, 5) is 0. The third kappa shape index (κ3) is 3.32. The molecule has 0 aromatic heterocycles. The number of hydrogen-bond acceptors (Lipinski definition) is 2. The van der Waals surface area contributed by atoms with Crippen LogP contribution in [0.5, 0.6) is 0 Å². The summed E-state index contributed by atoms with van der Waals surface area (Å²) in [6.07, 6.45) is 10.8. The number of likely N-dealkylation sites (N-methyl/N-ethyl adjacent to an activating group) is 1. The standard InChI is InChI=1S/C18H16.C6H9NO/c1-3-7-15-13(5-1)9-11-18-16-8-4-2-6-14(16)10-12-17(15)18;1-7-6-2-4-8-5-3-6/h1,3,5,7,9-12H,2,4,6,8H2;2-4,7H,5H2,1H3. The van der Waals surface area contributed by atoms with E-state index in [1.807, 2.05) is 19.2 Å². The van der Waals surface area contributed by atoms with Crippen molar-refractivity contribution in [3.05, 3.63) is 83.8 Å². The van der Waals surface area contributed by atoms with Gasteiger partial charge in [-0.05, 0) is 70.5 Å². The Balaban J connectivity index is 0.000000178. The third-order valence-corrected chi connectivity index (χ3v) is 5.29. The number of nitrogens with one attached hydrogen (secondary N) is 1. The molecule has 1 heterocycles. The van der Waals surface area contributed by atoms with Crippen molar-refractivity contribution in [3.63, 3.8) is 0 Å². The van der Waals surface area contributed by atoms with Crippen molar-refractivity contribution >= 4 is 21.5 Å². The zero-order valence-electron chi connectivity index (χ0n) is 15.3. The summed E-state index contributed by atoms with van der Waals surface area (Å²) in [5.74, 6) is 0. The van der Waals surface area contributed by atoms with Crippen LogP contribution in [0.2, 0.25) is 0 Å². The minimum absolute atomic E-state index is 0.687. The van der Waals surface area contributed by atoms with Crippen molar-refractivity contribution in [2.75, 3.05) is 13.7 Å². The number of allylic oxidation sites excluding steroid dienone is 1. The molecule has 2 nitrogen and oxygen atoms in total. The first kappa shape index (κ1) is 16.7. The molecule has 3 aromatic rings. The van der Waals surface area contributed by atoms with E-state index in [2.05, 4.69) is 53.8 Å². The minimum Gasteiger partial charge on any atom is -0.497 e. The zero-order valence-corrected chi connectivity index (χ0v) is 15.3. The van der Waals surface area contributed by atoms with Crippen LogP contribution in [-0.2, 0) is 17.6 Å². The molecule has 0 bridgehead atoms. The quantitative estimate of drug-likeness (QED) is 0.589. The smallest absolute Gasteiger partial charge is 0.108 e. The Kier molecular flexibility index (Phi) is 4.92. The molecule has 1 aliphatic heterocycles. The van der Waals surface area contributed by atoms with Gasteiger partial charge in [0.15, 0.2) is 0 Å². The van der Waals surface area contributed by atoms with Crippen LogP contribution in [0.3, 0.4) is 0 Å².